The number of benzene rings is 1. The number of hydrogen-bond donors (Lipinski definition) is 0. The van der Waals surface area contributed by atoms with Gasteiger partial charge >= 0.3 is 0 Å². The molecule has 88 valence electrons. The summed E-state index contributed by atoms with van der Waals surface area (Å²) in [5.41, 5.74) is 3.65. The molecule has 0 amide bonds. The third kappa shape index (κ3) is 2.94. The van der Waals surface area contributed by atoms with Gasteiger partial charge in [-0.05, 0) is 36.5 Å². The predicted octanol–water partition coefficient (Wildman–Crippen LogP) is 4.02. The lowest BCUT2D eigenvalue weighted by molar-refractivity contribution is -0.113. The lowest BCUT2D eigenvalue weighted by atomic mass is 9.87. The summed E-state index contributed by atoms with van der Waals surface area (Å²) in [7, 11) is 0. The maximum Gasteiger partial charge on any atom is 0.159 e. The van der Waals surface area contributed by atoms with Crippen molar-refractivity contribution in [2.45, 2.75) is 26.7 Å². The standard InChI is InChI=1S/C16H18O/c1-12-8-9-16(17)11-15(10-13(12)2)14-6-4-3-5-7-14/h3-8,11,13H,9-10H2,1-2H3/b12-8-,15-11+. The lowest BCUT2D eigenvalue weighted by Gasteiger charge is -2.17. The zero-order valence-corrected chi connectivity index (χ0v) is 10.4. The van der Waals surface area contributed by atoms with Gasteiger partial charge in [0.25, 0.3) is 0 Å². The van der Waals surface area contributed by atoms with Crippen molar-refractivity contribution in [2.24, 2.45) is 5.92 Å². The highest BCUT2D eigenvalue weighted by Crippen LogP contribution is 2.28. The van der Waals surface area contributed by atoms with Crippen LogP contribution in [0, 0.1) is 5.92 Å². The summed E-state index contributed by atoms with van der Waals surface area (Å²) in [5, 5.41) is 0. The largest absolute Gasteiger partial charge is 0.295 e. The molecule has 1 heteroatoms. The fraction of sp³-hybridized carbons (Fsp3) is 0.312. The van der Waals surface area contributed by atoms with Crippen molar-refractivity contribution in [3.63, 3.8) is 0 Å². The van der Waals surface area contributed by atoms with Crippen molar-refractivity contribution >= 4 is 11.4 Å². The molecular weight excluding hydrogens is 208 g/mol. The van der Waals surface area contributed by atoms with Gasteiger partial charge in [0.1, 0.15) is 0 Å². The van der Waals surface area contributed by atoms with Gasteiger partial charge in [-0.15, -0.1) is 0 Å². The van der Waals surface area contributed by atoms with Gasteiger partial charge in [-0.3, -0.25) is 4.79 Å². The molecule has 1 aromatic carbocycles. The molecule has 0 spiro atoms. The van der Waals surface area contributed by atoms with Gasteiger partial charge in [0, 0.05) is 6.42 Å². The van der Waals surface area contributed by atoms with Crippen molar-refractivity contribution in [1.82, 2.24) is 0 Å². The van der Waals surface area contributed by atoms with Gasteiger partial charge < -0.3 is 0 Å². The molecule has 17 heavy (non-hydrogen) atoms. The van der Waals surface area contributed by atoms with E-state index in [0.717, 1.165) is 12.0 Å². The first-order valence-electron chi connectivity index (χ1n) is 6.12. The first kappa shape index (κ1) is 11.8. The summed E-state index contributed by atoms with van der Waals surface area (Å²) in [5.74, 6) is 0.713. The minimum Gasteiger partial charge on any atom is -0.295 e. The SMILES string of the molecule is C/C1=C/CC(=O)/C=C(/c2ccccc2)CC1C. The molecule has 1 aliphatic carbocycles. The van der Waals surface area contributed by atoms with Gasteiger partial charge in [0.2, 0.25) is 0 Å². The van der Waals surface area contributed by atoms with Crippen LogP contribution in [0.3, 0.4) is 0 Å². The van der Waals surface area contributed by atoms with E-state index in [1.807, 2.05) is 24.3 Å². The van der Waals surface area contributed by atoms with Crippen LogP contribution in [0.5, 0.6) is 0 Å². The Morgan fingerprint density at radius 3 is 2.59 bits per heavy atom. The van der Waals surface area contributed by atoms with E-state index in [1.165, 1.54) is 11.1 Å². The minimum absolute atomic E-state index is 0.204. The molecule has 1 unspecified atom stereocenters. The van der Waals surface area contributed by atoms with E-state index in [2.05, 4.69) is 32.1 Å². The lowest BCUT2D eigenvalue weighted by Crippen LogP contribution is -2.05. The normalized spacial score (nSPS) is 27.4. The molecule has 0 saturated carbocycles. The van der Waals surface area contributed by atoms with Crippen LogP contribution in [0.2, 0.25) is 0 Å². The number of carbonyl (C=O) groups excluding carboxylic acids is 1. The topological polar surface area (TPSA) is 17.1 Å². The Balaban J connectivity index is 2.33. The van der Waals surface area contributed by atoms with E-state index < -0.39 is 0 Å². The van der Waals surface area contributed by atoms with Gasteiger partial charge in [-0.1, -0.05) is 48.9 Å². The molecular formula is C16H18O. The van der Waals surface area contributed by atoms with E-state index in [-0.39, 0.29) is 5.78 Å². The van der Waals surface area contributed by atoms with E-state index in [9.17, 15) is 4.79 Å². The average Bonchev–Trinajstić information content (AvgIpc) is 2.34. The Labute approximate surface area is 103 Å². The van der Waals surface area contributed by atoms with Crippen LogP contribution in [-0.4, -0.2) is 5.78 Å². The van der Waals surface area contributed by atoms with Crippen LogP contribution in [0.1, 0.15) is 32.3 Å². The van der Waals surface area contributed by atoms with Gasteiger partial charge in [-0.2, -0.15) is 0 Å². The molecule has 0 heterocycles. The summed E-state index contributed by atoms with van der Waals surface area (Å²) < 4.78 is 0. The smallest absolute Gasteiger partial charge is 0.159 e. The molecule has 1 atom stereocenters. The summed E-state index contributed by atoms with van der Waals surface area (Å²) in [4.78, 5) is 11.8. The van der Waals surface area contributed by atoms with Crippen LogP contribution in [0.25, 0.3) is 5.57 Å². The molecule has 0 N–H and O–H groups in total. The molecule has 1 aliphatic rings. The molecule has 0 radical (unpaired) electrons. The zero-order valence-electron chi connectivity index (χ0n) is 10.4. The first-order valence-corrected chi connectivity index (χ1v) is 6.12. The van der Waals surface area contributed by atoms with Crippen molar-refractivity contribution < 1.29 is 4.79 Å². The van der Waals surface area contributed by atoms with Gasteiger partial charge in [-0.25, -0.2) is 0 Å². The molecule has 0 saturated heterocycles. The molecule has 0 bridgehead atoms. The molecule has 2 rings (SSSR count). The van der Waals surface area contributed by atoms with Crippen LogP contribution in [-0.2, 0) is 4.79 Å². The highest BCUT2D eigenvalue weighted by Gasteiger charge is 2.13. The third-order valence-corrected chi connectivity index (χ3v) is 3.41. The van der Waals surface area contributed by atoms with Crippen LogP contribution < -0.4 is 0 Å². The predicted molar refractivity (Wildman–Crippen MR) is 71.6 cm³/mol. The summed E-state index contributed by atoms with van der Waals surface area (Å²) >= 11 is 0. The summed E-state index contributed by atoms with van der Waals surface area (Å²) in [6, 6.07) is 10.2. The molecule has 0 aromatic heterocycles. The second kappa shape index (κ2) is 5.13. The van der Waals surface area contributed by atoms with Crippen LogP contribution >= 0.6 is 0 Å². The Morgan fingerprint density at radius 1 is 1.18 bits per heavy atom. The highest BCUT2D eigenvalue weighted by molar-refractivity contribution is 5.98. The Bertz CT molecular complexity index is 466. The second-order valence-corrected chi connectivity index (χ2v) is 4.76. The van der Waals surface area contributed by atoms with E-state index >= 15 is 0 Å². The summed E-state index contributed by atoms with van der Waals surface area (Å²) in [6.07, 6.45) is 5.35. The summed E-state index contributed by atoms with van der Waals surface area (Å²) in [6.45, 7) is 4.34. The highest BCUT2D eigenvalue weighted by atomic mass is 16.1. The first-order chi connectivity index (χ1) is 8.16. The second-order valence-electron chi connectivity index (χ2n) is 4.76. The monoisotopic (exact) mass is 226 g/mol. The Hall–Kier alpha value is -1.63. The Kier molecular flexibility index (Phi) is 3.58. The van der Waals surface area contributed by atoms with Crippen molar-refractivity contribution in [1.29, 1.82) is 0 Å². The number of hydrogen-bond acceptors (Lipinski definition) is 1. The minimum atomic E-state index is 0.204. The van der Waals surface area contributed by atoms with Crippen molar-refractivity contribution in [3.8, 4) is 0 Å². The third-order valence-electron chi connectivity index (χ3n) is 3.41. The van der Waals surface area contributed by atoms with Crippen molar-refractivity contribution in [3.05, 3.63) is 53.6 Å². The average molecular weight is 226 g/mol. The van der Waals surface area contributed by atoms with Crippen molar-refractivity contribution in [2.75, 3.05) is 0 Å². The number of allylic oxidation sites excluding steroid dienone is 4. The molecule has 0 fully saturated rings. The quantitative estimate of drug-likeness (QED) is 0.661. The molecule has 1 aromatic rings. The number of ketones is 1. The fourth-order valence-electron chi connectivity index (χ4n) is 2.12. The van der Waals surface area contributed by atoms with Crippen LogP contribution in [0.15, 0.2) is 48.1 Å². The maximum absolute atomic E-state index is 11.8. The van der Waals surface area contributed by atoms with Gasteiger partial charge in [0.15, 0.2) is 5.78 Å². The number of carbonyl (C=O) groups is 1. The van der Waals surface area contributed by atoms with Crippen LogP contribution in [0.4, 0.5) is 0 Å². The molecule has 1 nitrogen and oxygen atoms in total. The van der Waals surface area contributed by atoms with E-state index in [0.29, 0.717) is 12.3 Å². The van der Waals surface area contributed by atoms with E-state index in [4.69, 9.17) is 0 Å². The number of rotatable bonds is 1. The van der Waals surface area contributed by atoms with E-state index in [1.54, 1.807) is 0 Å². The maximum atomic E-state index is 11.8. The Morgan fingerprint density at radius 2 is 1.88 bits per heavy atom. The molecule has 0 aliphatic heterocycles. The zero-order chi connectivity index (χ0) is 12.3. The van der Waals surface area contributed by atoms with Gasteiger partial charge in [0.05, 0.1) is 0 Å². The fourth-order valence-corrected chi connectivity index (χ4v) is 2.12.